The molecule has 0 aliphatic carbocycles. The van der Waals surface area contributed by atoms with Gasteiger partial charge in [0.15, 0.2) is 6.10 Å². The molecule has 2 unspecified atom stereocenters. The minimum absolute atomic E-state index is 0.0294. The summed E-state index contributed by atoms with van der Waals surface area (Å²) in [6, 6.07) is 28.4. The Hall–Kier alpha value is -4.73. The zero-order valence-electron chi connectivity index (χ0n) is 21.9. The van der Waals surface area contributed by atoms with Gasteiger partial charge in [0.2, 0.25) is 0 Å². The number of nitrogens with zero attached hydrogens (tertiary/aromatic N) is 3. The molecule has 0 spiro atoms. The van der Waals surface area contributed by atoms with Crippen molar-refractivity contribution in [1.82, 2.24) is 20.5 Å². The van der Waals surface area contributed by atoms with E-state index in [0.29, 0.717) is 21.8 Å². The predicted molar refractivity (Wildman–Crippen MR) is 153 cm³/mol. The molecule has 2 atom stereocenters. The van der Waals surface area contributed by atoms with Gasteiger partial charge >= 0.3 is 5.97 Å². The maximum atomic E-state index is 13.2. The van der Waals surface area contributed by atoms with Crippen molar-refractivity contribution in [3.05, 3.63) is 119 Å². The van der Waals surface area contributed by atoms with E-state index in [1.807, 2.05) is 78.9 Å². The second kappa shape index (κ2) is 12.6. The Morgan fingerprint density at radius 2 is 1.68 bits per heavy atom. The number of esters is 1. The number of carbonyl (C=O) groups is 2. The molecule has 1 heterocycles. The van der Waals surface area contributed by atoms with Crippen molar-refractivity contribution in [2.75, 3.05) is 0 Å². The first kappa shape index (κ1) is 27.8. The zero-order valence-corrected chi connectivity index (χ0v) is 22.6. The number of amides is 1. The number of hydrogen-bond donors (Lipinski definition) is 3. The topological polar surface area (TPSA) is 127 Å². The molecule has 0 radical (unpaired) electrons. The van der Waals surface area contributed by atoms with E-state index >= 15 is 0 Å². The Bertz CT molecular complexity index is 1660. The van der Waals surface area contributed by atoms with Crippen LogP contribution in [0, 0.1) is 0 Å². The minimum atomic E-state index is -1.46. The van der Waals surface area contributed by atoms with Gasteiger partial charge in [-0.3, -0.25) is 4.79 Å². The molecule has 9 nitrogen and oxygen atoms in total. The molecule has 208 valence electrons. The summed E-state index contributed by atoms with van der Waals surface area (Å²) in [7, 11) is 0. The monoisotopic (exact) mass is 570 g/mol. The van der Waals surface area contributed by atoms with Gasteiger partial charge in [0.05, 0.1) is 0 Å². The fourth-order valence-corrected chi connectivity index (χ4v) is 4.68. The summed E-state index contributed by atoms with van der Waals surface area (Å²) in [6.07, 6.45) is -1.19. The molecule has 41 heavy (non-hydrogen) atoms. The molecule has 1 amide bonds. The Morgan fingerprint density at radius 3 is 2.44 bits per heavy atom. The number of aromatic nitrogens is 3. The summed E-state index contributed by atoms with van der Waals surface area (Å²) >= 11 is 6.14. The summed E-state index contributed by atoms with van der Waals surface area (Å²) in [5.41, 5.74) is 4.59. The van der Waals surface area contributed by atoms with Crippen LogP contribution in [0.3, 0.4) is 0 Å². The van der Waals surface area contributed by atoms with E-state index in [4.69, 9.17) is 16.3 Å². The fourth-order valence-electron chi connectivity index (χ4n) is 4.49. The second-order valence-electron chi connectivity index (χ2n) is 9.61. The average Bonchev–Trinajstić information content (AvgIpc) is 3.36. The molecule has 0 bridgehead atoms. The van der Waals surface area contributed by atoms with Crippen LogP contribution in [0.4, 0.5) is 0 Å². The average molecular weight is 571 g/mol. The smallest absolute Gasteiger partial charge is 0.335 e. The number of ether oxygens (including phenoxy) is 1. The first-order chi connectivity index (χ1) is 19.9. The number of rotatable bonds is 10. The molecule has 3 N–H and O–H groups in total. The van der Waals surface area contributed by atoms with Gasteiger partial charge in [-0.25, -0.2) is 4.79 Å². The molecule has 10 heteroatoms. The van der Waals surface area contributed by atoms with Crippen molar-refractivity contribution in [2.45, 2.75) is 31.6 Å². The van der Waals surface area contributed by atoms with Crippen LogP contribution in [-0.2, 0) is 22.6 Å². The molecule has 0 saturated carbocycles. The minimum Gasteiger partial charge on any atom is -0.459 e. The maximum absolute atomic E-state index is 13.2. The van der Waals surface area contributed by atoms with Crippen LogP contribution in [0.2, 0.25) is 5.02 Å². The van der Waals surface area contributed by atoms with E-state index in [2.05, 4.69) is 15.6 Å². The standard InChI is InChI=1S/C31H27ClN4O5/c32-25-8-4-7-23(16-25)22-11-9-20(10-12-22)15-26(18-29(37)31(39)41-19-21-5-2-1-3-6-21)33-30(38)24-13-14-27-28(17-24)36(40)35-34-27/h1-14,16-17,26,29,37,40H,15,18-19H2,(H,33,38). The lowest BCUT2D eigenvalue weighted by Crippen LogP contribution is -2.41. The van der Waals surface area contributed by atoms with E-state index in [9.17, 15) is 19.9 Å². The van der Waals surface area contributed by atoms with Gasteiger partial charge in [0, 0.05) is 23.0 Å². The number of aliphatic hydroxyl groups is 1. The number of fused-ring (bicyclic) bond motifs is 1. The lowest BCUT2D eigenvalue weighted by atomic mass is 9.97. The highest BCUT2D eigenvalue weighted by Gasteiger charge is 2.25. The number of aliphatic hydroxyl groups excluding tert-OH is 1. The van der Waals surface area contributed by atoms with Crippen molar-refractivity contribution in [1.29, 1.82) is 0 Å². The first-order valence-electron chi connectivity index (χ1n) is 12.9. The van der Waals surface area contributed by atoms with Crippen molar-refractivity contribution < 1.29 is 24.6 Å². The first-order valence-corrected chi connectivity index (χ1v) is 13.3. The van der Waals surface area contributed by atoms with Crippen LogP contribution < -0.4 is 5.32 Å². The zero-order chi connectivity index (χ0) is 28.8. The van der Waals surface area contributed by atoms with Crippen LogP contribution in [0.25, 0.3) is 22.2 Å². The third-order valence-electron chi connectivity index (χ3n) is 6.62. The maximum Gasteiger partial charge on any atom is 0.335 e. The summed E-state index contributed by atoms with van der Waals surface area (Å²) in [4.78, 5) is 26.4. The van der Waals surface area contributed by atoms with E-state index in [1.165, 1.54) is 6.07 Å². The van der Waals surface area contributed by atoms with Crippen LogP contribution in [0.15, 0.2) is 97.1 Å². The third kappa shape index (κ3) is 7.08. The van der Waals surface area contributed by atoms with Gasteiger partial charge in [0.25, 0.3) is 5.91 Å². The lowest BCUT2D eigenvalue weighted by molar-refractivity contribution is -0.155. The van der Waals surface area contributed by atoms with E-state index in [1.54, 1.807) is 12.1 Å². The van der Waals surface area contributed by atoms with E-state index in [0.717, 1.165) is 22.3 Å². The predicted octanol–water partition coefficient (Wildman–Crippen LogP) is 4.82. The van der Waals surface area contributed by atoms with Gasteiger partial charge in [-0.15, -0.1) is 5.10 Å². The van der Waals surface area contributed by atoms with Crippen molar-refractivity contribution >= 4 is 34.5 Å². The molecule has 0 saturated heterocycles. The Morgan fingerprint density at radius 1 is 0.902 bits per heavy atom. The summed E-state index contributed by atoms with van der Waals surface area (Å²) < 4.78 is 5.30. The molecule has 0 fully saturated rings. The number of nitrogens with one attached hydrogen (secondary N) is 1. The fraction of sp³-hybridized carbons (Fsp3) is 0.161. The number of halogens is 1. The Labute approximate surface area is 240 Å². The van der Waals surface area contributed by atoms with Gasteiger partial charge in [-0.2, -0.15) is 0 Å². The SMILES string of the molecule is O=C(NC(Cc1ccc(-c2cccc(Cl)c2)cc1)CC(O)C(=O)OCc1ccccc1)c1ccc2nnn(O)c2c1. The molecular weight excluding hydrogens is 544 g/mol. The van der Waals surface area contributed by atoms with Crippen LogP contribution in [-0.4, -0.2) is 49.5 Å². The molecule has 0 aliphatic heterocycles. The summed E-state index contributed by atoms with van der Waals surface area (Å²) in [6.45, 7) is 0.0294. The normalized spacial score (nSPS) is 12.5. The molecule has 5 rings (SSSR count). The molecule has 0 aliphatic rings. The number of carbonyl (C=O) groups excluding carboxylic acids is 2. The Balaban J connectivity index is 1.31. The lowest BCUT2D eigenvalue weighted by Gasteiger charge is -2.22. The second-order valence-corrected chi connectivity index (χ2v) is 10.0. The highest BCUT2D eigenvalue weighted by molar-refractivity contribution is 6.30. The van der Waals surface area contributed by atoms with Gasteiger partial charge in [-0.05, 0) is 64.2 Å². The highest BCUT2D eigenvalue weighted by atomic mass is 35.5. The van der Waals surface area contributed by atoms with Crippen molar-refractivity contribution in [2.24, 2.45) is 0 Å². The Kier molecular flexibility index (Phi) is 8.57. The molecule has 1 aromatic heterocycles. The molecule has 4 aromatic carbocycles. The van der Waals surface area contributed by atoms with Crippen LogP contribution in [0.1, 0.15) is 27.9 Å². The van der Waals surface area contributed by atoms with Crippen molar-refractivity contribution in [3.63, 3.8) is 0 Å². The van der Waals surface area contributed by atoms with Gasteiger partial charge in [-0.1, -0.05) is 83.2 Å². The number of hydrogen-bond acceptors (Lipinski definition) is 7. The molecule has 5 aromatic rings. The van der Waals surface area contributed by atoms with Gasteiger partial charge < -0.3 is 20.4 Å². The molecular formula is C31H27ClN4O5. The van der Waals surface area contributed by atoms with Gasteiger partial charge in [0.1, 0.15) is 17.6 Å². The van der Waals surface area contributed by atoms with E-state index < -0.39 is 24.0 Å². The summed E-state index contributed by atoms with van der Waals surface area (Å²) in [5, 5.41) is 31.5. The quantitative estimate of drug-likeness (QED) is 0.162. The summed E-state index contributed by atoms with van der Waals surface area (Å²) in [5.74, 6) is -1.22. The van der Waals surface area contributed by atoms with E-state index in [-0.39, 0.29) is 24.1 Å². The third-order valence-corrected chi connectivity index (χ3v) is 6.86. The van der Waals surface area contributed by atoms with Crippen molar-refractivity contribution in [3.8, 4) is 11.1 Å². The highest BCUT2D eigenvalue weighted by Crippen LogP contribution is 2.24. The van der Waals surface area contributed by atoms with Crippen LogP contribution in [0.5, 0.6) is 0 Å². The largest absolute Gasteiger partial charge is 0.459 e. The number of benzene rings is 4. The van der Waals surface area contributed by atoms with Crippen LogP contribution >= 0.6 is 11.6 Å².